The monoisotopic (exact) mass is 373 g/mol. The van der Waals surface area contributed by atoms with Gasteiger partial charge in [-0.3, -0.25) is 5.73 Å². The van der Waals surface area contributed by atoms with E-state index < -0.39 is 22.2 Å². The van der Waals surface area contributed by atoms with Crippen LogP contribution in [0.5, 0.6) is 0 Å². The molecule has 0 aromatic heterocycles. The predicted molar refractivity (Wildman–Crippen MR) is 82.4 cm³/mol. The van der Waals surface area contributed by atoms with Crippen LogP contribution >= 0.6 is 15.9 Å². The topological polar surface area (TPSA) is 106 Å². The average Bonchev–Trinajstić information content (AvgIpc) is 2.83. The Morgan fingerprint density at radius 3 is 2.30 bits per heavy atom. The number of ether oxygens (including phenoxy) is 2. The molecule has 1 saturated heterocycles. The summed E-state index contributed by atoms with van der Waals surface area (Å²) in [5, 5.41) is 20.0. The van der Waals surface area contributed by atoms with Crippen molar-refractivity contribution in [1.82, 2.24) is 0 Å². The van der Waals surface area contributed by atoms with Crippen molar-refractivity contribution in [2.45, 2.75) is 18.2 Å². The third-order valence-electron chi connectivity index (χ3n) is 5.65. The van der Waals surface area contributed by atoms with Crippen LogP contribution in [0.2, 0.25) is 0 Å². The fraction of sp³-hybridized carbons (Fsp3) is 0.438. The number of fused-ring (bicyclic) bond motifs is 2. The Kier molecular flexibility index (Phi) is 2.63. The third-order valence-corrected chi connectivity index (χ3v) is 6.18. The van der Waals surface area contributed by atoms with Crippen LogP contribution in [0.1, 0.15) is 12.5 Å². The number of hydrogen-bond donors (Lipinski definition) is 2. The number of nitriles is 2. The van der Waals surface area contributed by atoms with E-state index in [1.807, 2.05) is 31.2 Å². The molecule has 1 aliphatic carbocycles. The van der Waals surface area contributed by atoms with Gasteiger partial charge in [-0.15, -0.1) is 0 Å². The van der Waals surface area contributed by atoms with Crippen molar-refractivity contribution in [3.63, 3.8) is 0 Å². The maximum atomic E-state index is 10.1. The van der Waals surface area contributed by atoms with Crippen molar-refractivity contribution in [2.24, 2.45) is 16.6 Å². The van der Waals surface area contributed by atoms with E-state index in [2.05, 4.69) is 33.1 Å². The highest BCUT2D eigenvalue weighted by Gasteiger charge is 3.03. The predicted octanol–water partition coefficient (Wildman–Crippen LogP) is -0.108. The third kappa shape index (κ3) is 1.19. The summed E-state index contributed by atoms with van der Waals surface area (Å²) in [5.41, 5.74) is 3.77. The molecule has 0 amide bonds. The van der Waals surface area contributed by atoms with E-state index in [9.17, 15) is 10.5 Å². The molecule has 3 N–H and O–H groups in total. The first-order valence-corrected chi connectivity index (χ1v) is 8.02. The van der Waals surface area contributed by atoms with Crippen LogP contribution in [0.4, 0.5) is 0 Å². The molecule has 1 spiro atoms. The molecule has 4 rings (SSSR count). The van der Waals surface area contributed by atoms with E-state index in [1.54, 1.807) is 0 Å². The fourth-order valence-corrected chi connectivity index (χ4v) is 4.84. The molecule has 1 aromatic carbocycles. The van der Waals surface area contributed by atoms with E-state index >= 15 is 0 Å². The Hall–Kier alpha value is -1.93. The molecule has 0 unspecified atom stereocenters. The summed E-state index contributed by atoms with van der Waals surface area (Å²) >= 11 is 3.40. The summed E-state index contributed by atoms with van der Waals surface area (Å²) in [5.74, 6) is -1.14. The largest absolute Gasteiger partial charge is 0.343 e. The Labute approximate surface area is 141 Å². The second-order valence-corrected chi connectivity index (χ2v) is 7.12. The molecule has 2 heterocycles. The number of nitrogens with one attached hydrogen (secondary N) is 1. The van der Waals surface area contributed by atoms with E-state index in [0.29, 0.717) is 13.2 Å². The average molecular weight is 374 g/mol. The van der Waals surface area contributed by atoms with E-state index in [0.717, 1.165) is 10.0 Å². The molecule has 116 valence electrons. The Bertz CT molecular complexity index is 818. The number of rotatable bonds is 1. The lowest BCUT2D eigenvalue weighted by molar-refractivity contribution is -0.677. The van der Waals surface area contributed by atoms with Gasteiger partial charge >= 0.3 is 5.91 Å². The summed E-state index contributed by atoms with van der Waals surface area (Å²) < 4.78 is 12.5. The van der Waals surface area contributed by atoms with Gasteiger partial charge in [0.2, 0.25) is 0 Å². The van der Waals surface area contributed by atoms with Crippen LogP contribution in [-0.2, 0) is 14.9 Å². The Balaban J connectivity index is 2.00. The Morgan fingerprint density at radius 2 is 1.78 bits per heavy atom. The van der Waals surface area contributed by atoms with Gasteiger partial charge in [-0.25, -0.2) is 4.99 Å². The maximum Gasteiger partial charge on any atom is 0.343 e. The van der Waals surface area contributed by atoms with Crippen molar-refractivity contribution in [3.05, 3.63) is 34.3 Å². The first kappa shape index (κ1) is 14.6. The number of nitrogens with zero attached hydrogens (tertiary/aromatic N) is 2. The lowest BCUT2D eigenvalue weighted by atomic mass is 9.85. The van der Waals surface area contributed by atoms with Gasteiger partial charge in [0.25, 0.3) is 5.84 Å². The molecule has 3 atom stereocenters. The first-order chi connectivity index (χ1) is 11.0. The molecule has 0 bridgehead atoms. The highest BCUT2D eigenvalue weighted by atomic mass is 79.9. The maximum absolute atomic E-state index is 10.1. The normalized spacial score (nSPS) is 39.4. The first-order valence-electron chi connectivity index (χ1n) is 7.23. The number of amidine groups is 1. The summed E-state index contributed by atoms with van der Waals surface area (Å²) in [7, 11) is 0. The molecule has 3 aliphatic rings. The zero-order valence-corrected chi connectivity index (χ0v) is 14.0. The van der Waals surface area contributed by atoms with E-state index in [4.69, 9.17) is 15.2 Å². The summed E-state index contributed by atoms with van der Waals surface area (Å²) in [6, 6.07) is 12.2. The van der Waals surface area contributed by atoms with Crippen molar-refractivity contribution in [3.8, 4) is 12.1 Å². The minimum atomic E-state index is -1.37. The summed E-state index contributed by atoms with van der Waals surface area (Å²) in [6.07, 6.45) is 0. The van der Waals surface area contributed by atoms with Crippen LogP contribution in [0.3, 0.4) is 0 Å². The zero-order chi connectivity index (χ0) is 16.5. The van der Waals surface area contributed by atoms with Gasteiger partial charge in [-0.05, 0) is 17.7 Å². The van der Waals surface area contributed by atoms with Crippen LogP contribution in [-0.4, -0.2) is 25.0 Å². The van der Waals surface area contributed by atoms with Gasteiger partial charge in [-0.2, -0.15) is 10.5 Å². The number of hydrogen-bond acceptors (Lipinski definition) is 5. The van der Waals surface area contributed by atoms with Crippen molar-refractivity contribution in [1.29, 1.82) is 10.5 Å². The molecule has 1 saturated carbocycles. The van der Waals surface area contributed by atoms with Gasteiger partial charge in [0.05, 0.1) is 30.8 Å². The van der Waals surface area contributed by atoms with Gasteiger partial charge in [-0.1, -0.05) is 35.0 Å². The minimum absolute atomic E-state index is 0.230. The number of halogens is 1. The van der Waals surface area contributed by atoms with Gasteiger partial charge in [0.15, 0.2) is 10.8 Å². The Morgan fingerprint density at radius 1 is 1.17 bits per heavy atom. The molecule has 1 aromatic rings. The molecule has 2 aliphatic heterocycles. The highest BCUT2D eigenvalue weighted by molar-refractivity contribution is 9.10. The lowest BCUT2D eigenvalue weighted by Crippen LogP contribution is -2.90. The summed E-state index contributed by atoms with van der Waals surface area (Å²) in [6.45, 7) is 2.58. The molecule has 23 heavy (non-hydrogen) atoms. The van der Waals surface area contributed by atoms with Crippen LogP contribution in [0, 0.1) is 33.5 Å². The van der Waals surface area contributed by atoms with Crippen LogP contribution in [0.15, 0.2) is 28.7 Å². The quantitative estimate of drug-likeness (QED) is 0.714. The van der Waals surface area contributed by atoms with E-state index in [1.165, 1.54) is 0 Å². The molecule has 6 nitrogen and oxygen atoms in total. The second kappa shape index (κ2) is 4.12. The zero-order valence-electron chi connectivity index (χ0n) is 12.4. The minimum Gasteiger partial charge on any atom is -0.311 e. The fourth-order valence-electron chi connectivity index (χ4n) is 4.57. The molecule has 7 heteroatoms. The van der Waals surface area contributed by atoms with Gasteiger partial charge < -0.3 is 9.47 Å². The number of nitrogens with two attached hydrogens (primary N) is 1. The lowest BCUT2D eigenvalue weighted by Gasteiger charge is -2.27. The van der Waals surface area contributed by atoms with Gasteiger partial charge in [0.1, 0.15) is 0 Å². The molecule has 0 radical (unpaired) electrons. The molecular formula is C16H14BrN4O2+. The van der Waals surface area contributed by atoms with Crippen molar-refractivity contribution < 1.29 is 14.5 Å². The standard InChI is InChI=1S/C16H13BrN4O2/c1-13(10-2-4-11(17)5-3-10)14(8-18)12(20)21-16(15(13,14)9-19)22-6-7-23-16/h2-5H,6-7H2,1H3,(H2,20,21)/p+1/t13-,14+,15-/m1/s1. The summed E-state index contributed by atoms with van der Waals surface area (Å²) in [4.78, 5) is 2.94. The number of benzene rings is 1. The highest BCUT2D eigenvalue weighted by Crippen LogP contribution is 2.82. The van der Waals surface area contributed by atoms with Gasteiger partial charge in [0, 0.05) is 4.47 Å². The van der Waals surface area contributed by atoms with Crippen molar-refractivity contribution in [2.75, 3.05) is 13.2 Å². The van der Waals surface area contributed by atoms with E-state index in [-0.39, 0.29) is 5.84 Å². The smallest absolute Gasteiger partial charge is 0.311 e. The second-order valence-electron chi connectivity index (χ2n) is 6.21. The van der Waals surface area contributed by atoms with Crippen LogP contribution in [0.25, 0.3) is 0 Å². The molecular weight excluding hydrogens is 360 g/mol. The molecule has 2 fully saturated rings. The van der Waals surface area contributed by atoms with Crippen molar-refractivity contribution >= 4 is 21.8 Å². The van der Waals surface area contributed by atoms with Crippen LogP contribution < -0.4 is 10.7 Å². The SMILES string of the molecule is C[C@@]1(c2ccc(Br)cc2)[C@]2(C#N)C(N)=[NH+]C3(OCCO3)[C@@]21C#N.